The maximum absolute atomic E-state index is 11.9. The summed E-state index contributed by atoms with van der Waals surface area (Å²) < 4.78 is 0. The molecule has 0 aliphatic rings. The largest absolute Gasteiger partial charge is 0.342 e. The molecule has 2 rings (SSSR count). The van der Waals surface area contributed by atoms with Crippen LogP contribution in [0.3, 0.4) is 0 Å². The van der Waals surface area contributed by atoms with Crippen LogP contribution in [-0.4, -0.2) is 10.9 Å². The van der Waals surface area contributed by atoms with Gasteiger partial charge in [-0.15, -0.1) is 35.3 Å². The summed E-state index contributed by atoms with van der Waals surface area (Å²) >= 11 is 7.18. The molecule has 1 unspecified atom stereocenters. The Kier molecular flexibility index (Phi) is 3.86. The van der Waals surface area contributed by atoms with Crippen LogP contribution < -0.4 is 5.32 Å². The molecular weight excluding hydrogens is 272 g/mol. The van der Waals surface area contributed by atoms with Gasteiger partial charge in [0.05, 0.1) is 10.9 Å². The molecule has 1 amide bonds. The molecule has 6 heteroatoms. The monoisotopic (exact) mass is 284 g/mol. The van der Waals surface area contributed by atoms with Crippen molar-refractivity contribution in [2.75, 3.05) is 0 Å². The molecule has 1 N–H and O–H groups in total. The van der Waals surface area contributed by atoms with Gasteiger partial charge in [-0.05, 0) is 19.9 Å². The fourth-order valence-corrected chi connectivity index (χ4v) is 3.17. The number of hydrogen-bond acceptors (Lipinski definition) is 5. The molecule has 0 aliphatic carbocycles. The minimum atomic E-state index is -0.0735. The first-order valence-electron chi connectivity index (χ1n) is 5.07. The Morgan fingerprint density at radius 1 is 1.59 bits per heavy atom. The highest BCUT2D eigenvalue weighted by atomic mass is 32.1. The molecule has 3 nitrogen and oxygen atoms in total. The van der Waals surface area contributed by atoms with E-state index in [-0.39, 0.29) is 11.9 Å². The van der Waals surface area contributed by atoms with E-state index in [0.717, 1.165) is 14.8 Å². The number of nitrogens with zero attached hydrogens (tertiary/aromatic N) is 1. The number of nitrogens with one attached hydrogen (secondary N) is 1. The van der Waals surface area contributed by atoms with Gasteiger partial charge in [-0.2, -0.15) is 0 Å². The molecule has 0 fully saturated rings. The minimum absolute atomic E-state index is 0.0633. The Labute approximate surface area is 113 Å². The third-order valence-corrected chi connectivity index (χ3v) is 4.62. The molecule has 0 aliphatic heterocycles. The third-order valence-electron chi connectivity index (χ3n) is 2.17. The van der Waals surface area contributed by atoms with Gasteiger partial charge >= 0.3 is 0 Å². The highest BCUT2D eigenvalue weighted by Gasteiger charge is 2.15. The number of thiol groups is 1. The first-order chi connectivity index (χ1) is 8.06. The van der Waals surface area contributed by atoms with E-state index < -0.39 is 0 Å². The third kappa shape index (κ3) is 3.08. The standard InChI is InChI=1S/C11H12N2OS3/c1-6-4-12-11(17-6)7(2)13-10(14)9-3-8(15)5-16-9/h3-5,7,15H,1-2H3,(H,13,14). The van der Waals surface area contributed by atoms with E-state index in [1.54, 1.807) is 17.4 Å². The highest BCUT2D eigenvalue weighted by molar-refractivity contribution is 7.80. The Hall–Kier alpha value is -0.850. The van der Waals surface area contributed by atoms with Gasteiger partial charge in [0.15, 0.2) is 0 Å². The Balaban J connectivity index is 2.04. The van der Waals surface area contributed by atoms with Gasteiger partial charge in [-0.1, -0.05) is 0 Å². The van der Waals surface area contributed by atoms with E-state index in [2.05, 4.69) is 22.9 Å². The SMILES string of the molecule is Cc1cnc(C(C)NC(=O)c2cc(S)cs2)s1. The fourth-order valence-electron chi connectivity index (χ4n) is 1.35. The fraction of sp³-hybridized carbons (Fsp3) is 0.273. The number of aromatic nitrogens is 1. The lowest BCUT2D eigenvalue weighted by molar-refractivity contribution is 0.0944. The summed E-state index contributed by atoms with van der Waals surface area (Å²) in [6.07, 6.45) is 1.82. The second-order valence-corrected chi connectivity index (χ2v) is 6.37. The molecule has 90 valence electrons. The number of carbonyl (C=O) groups excluding carboxylic acids is 1. The first kappa shape index (κ1) is 12.6. The van der Waals surface area contributed by atoms with E-state index >= 15 is 0 Å². The van der Waals surface area contributed by atoms with Crippen molar-refractivity contribution in [2.45, 2.75) is 24.8 Å². The van der Waals surface area contributed by atoms with Crippen LogP contribution in [0.1, 0.15) is 32.5 Å². The van der Waals surface area contributed by atoms with Crippen molar-refractivity contribution in [2.24, 2.45) is 0 Å². The quantitative estimate of drug-likeness (QED) is 0.849. The number of rotatable bonds is 3. The maximum Gasteiger partial charge on any atom is 0.261 e. The maximum atomic E-state index is 11.9. The number of aryl methyl sites for hydroxylation is 1. The summed E-state index contributed by atoms with van der Waals surface area (Å²) in [6.45, 7) is 3.94. The Morgan fingerprint density at radius 3 is 2.88 bits per heavy atom. The van der Waals surface area contributed by atoms with E-state index in [0.29, 0.717) is 4.88 Å². The zero-order valence-electron chi connectivity index (χ0n) is 9.43. The van der Waals surface area contributed by atoms with E-state index in [1.165, 1.54) is 11.3 Å². The smallest absolute Gasteiger partial charge is 0.261 e. The summed E-state index contributed by atoms with van der Waals surface area (Å²) in [7, 11) is 0. The summed E-state index contributed by atoms with van der Waals surface area (Å²) in [5.41, 5.74) is 0. The van der Waals surface area contributed by atoms with Crippen molar-refractivity contribution in [3.05, 3.63) is 32.4 Å². The van der Waals surface area contributed by atoms with Crippen LogP contribution in [0.2, 0.25) is 0 Å². The number of hydrogen-bond donors (Lipinski definition) is 2. The molecule has 0 saturated carbocycles. The van der Waals surface area contributed by atoms with Gasteiger partial charge in [0, 0.05) is 21.3 Å². The summed E-state index contributed by atoms with van der Waals surface area (Å²) in [6, 6.07) is 1.70. The topological polar surface area (TPSA) is 42.0 Å². The lowest BCUT2D eigenvalue weighted by Crippen LogP contribution is -2.25. The Morgan fingerprint density at radius 2 is 2.35 bits per heavy atom. The van der Waals surface area contributed by atoms with Crippen LogP contribution in [-0.2, 0) is 0 Å². The summed E-state index contributed by atoms with van der Waals surface area (Å²) in [5, 5.41) is 5.70. The summed E-state index contributed by atoms with van der Waals surface area (Å²) in [5.74, 6) is -0.0735. The van der Waals surface area contributed by atoms with Gasteiger partial charge in [0.25, 0.3) is 5.91 Å². The van der Waals surface area contributed by atoms with Crippen LogP contribution >= 0.6 is 35.3 Å². The van der Waals surface area contributed by atoms with Crippen LogP contribution in [0.4, 0.5) is 0 Å². The highest BCUT2D eigenvalue weighted by Crippen LogP contribution is 2.21. The van der Waals surface area contributed by atoms with Crippen LogP contribution in [0.25, 0.3) is 0 Å². The predicted molar refractivity (Wildman–Crippen MR) is 74.3 cm³/mol. The number of carbonyl (C=O) groups is 1. The minimum Gasteiger partial charge on any atom is -0.342 e. The Bertz CT molecular complexity index is 532. The van der Waals surface area contributed by atoms with E-state index in [1.807, 2.05) is 25.4 Å². The first-order valence-corrected chi connectivity index (χ1v) is 7.21. The van der Waals surface area contributed by atoms with Gasteiger partial charge in [0.2, 0.25) is 0 Å². The van der Waals surface area contributed by atoms with Gasteiger partial charge < -0.3 is 5.32 Å². The molecule has 0 aromatic carbocycles. The molecule has 2 heterocycles. The van der Waals surface area contributed by atoms with Crippen molar-refractivity contribution >= 4 is 41.2 Å². The second kappa shape index (κ2) is 5.20. The lowest BCUT2D eigenvalue weighted by Gasteiger charge is -2.09. The molecule has 0 saturated heterocycles. The molecule has 2 aromatic heterocycles. The van der Waals surface area contributed by atoms with Crippen molar-refractivity contribution in [3.63, 3.8) is 0 Å². The number of thiophene rings is 1. The normalized spacial score (nSPS) is 12.4. The zero-order valence-corrected chi connectivity index (χ0v) is 12.0. The molecule has 17 heavy (non-hydrogen) atoms. The van der Waals surface area contributed by atoms with E-state index in [9.17, 15) is 4.79 Å². The average Bonchev–Trinajstić information content (AvgIpc) is 2.87. The number of thiazole rings is 1. The predicted octanol–water partition coefficient (Wildman–Crippen LogP) is 3.29. The van der Waals surface area contributed by atoms with Gasteiger partial charge in [-0.3, -0.25) is 4.79 Å². The molecule has 2 aromatic rings. The average molecular weight is 284 g/mol. The van der Waals surface area contributed by atoms with Crippen LogP contribution in [0.5, 0.6) is 0 Å². The van der Waals surface area contributed by atoms with Gasteiger partial charge in [0.1, 0.15) is 5.01 Å². The molecular formula is C11H12N2OS3. The molecule has 0 radical (unpaired) electrons. The molecule has 0 bridgehead atoms. The lowest BCUT2D eigenvalue weighted by atomic mass is 10.3. The zero-order chi connectivity index (χ0) is 12.4. The van der Waals surface area contributed by atoms with Crippen LogP contribution in [0, 0.1) is 6.92 Å². The van der Waals surface area contributed by atoms with Gasteiger partial charge in [-0.25, -0.2) is 4.98 Å². The van der Waals surface area contributed by atoms with Crippen molar-refractivity contribution in [1.29, 1.82) is 0 Å². The number of amides is 1. The molecule has 1 atom stereocenters. The van der Waals surface area contributed by atoms with Crippen molar-refractivity contribution in [1.82, 2.24) is 10.3 Å². The second-order valence-electron chi connectivity index (χ2n) is 3.67. The van der Waals surface area contributed by atoms with Crippen molar-refractivity contribution < 1.29 is 4.79 Å². The summed E-state index contributed by atoms with van der Waals surface area (Å²) in [4.78, 5) is 18.8. The molecule has 0 spiro atoms. The van der Waals surface area contributed by atoms with E-state index in [4.69, 9.17) is 0 Å². The van der Waals surface area contributed by atoms with Crippen LogP contribution in [0.15, 0.2) is 22.5 Å². The van der Waals surface area contributed by atoms with Crippen molar-refractivity contribution in [3.8, 4) is 0 Å².